The zero-order valence-corrected chi connectivity index (χ0v) is 36.5. The van der Waals surface area contributed by atoms with Crippen molar-refractivity contribution in [3.8, 4) is 51.0 Å². The monoisotopic (exact) mass is 849 g/mol. The van der Waals surface area contributed by atoms with Crippen molar-refractivity contribution >= 4 is 225 Å². The zero-order valence-electron chi connectivity index (χ0n) is 36.5. The van der Waals surface area contributed by atoms with Crippen molar-refractivity contribution in [3.05, 3.63) is 109 Å². The number of rotatable bonds is 5. The maximum absolute atomic E-state index is 7.21. The van der Waals surface area contributed by atoms with E-state index in [1.165, 1.54) is 0 Å². The lowest BCUT2D eigenvalue weighted by molar-refractivity contribution is 0.669. The topological polar surface area (TPSA) is 72.5 Å². The van der Waals surface area contributed by atoms with Gasteiger partial charge in [0, 0.05) is 60.5 Å². The molecule has 0 aliphatic carbocycles. The van der Waals surface area contributed by atoms with Gasteiger partial charge in [0.15, 0.2) is 17.5 Å². The lowest BCUT2D eigenvalue weighted by atomic mass is 9.57. The molecule has 6 nitrogen and oxygen atoms in total. The molecule has 12 aromatic rings. The van der Waals surface area contributed by atoms with E-state index >= 15 is 0 Å². The summed E-state index contributed by atoms with van der Waals surface area (Å²) in [7, 11) is 79.7. The molecule has 0 amide bonds. The van der Waals surface area contributed by atoms with E-state index in [0.29, 0.717) is 61.7 Å². The Morgan fingerprint density at radius 1 is 0.391 bits per heavy atom. The number of para-hydroxylation sites is 2. The van der Waals surface area contributed by atoms with Gasteiger partial charge in [-0.25, -0.2) is 15.0 Å². The Labute approximate surface area is 412 Å². The summed E-state index contributed by atoms with van der Waals surface area (Å²) in [5.41, 5.74) is 7.73. The molecule has 0 bridgehead atoms. The average Bonchev–Trinajstić information content (AvgIpc) is 4.06. The standard InChI is InChI=1S/C51H19B12N5O/c52-34-31(30-35(53)40(58)43(61)41(59)36(30)54)39(57)47-32(37(34)55)33-38(56)42(60)44(62)45(63)48(33)68(47)21-14-16-28-26(18-21)23-15-13-20(17-29(23)69-28)50-65-49(19-7-2-1-3-8-19)66-51(67-50)25-11-6-10-24-22-9-4-5-12-27(22)64-46(24)25/h1-18,64H. The Bertz CT molecular complexity index is 4210. The van der Waals surface area contributed by atoms with E-state index in [1.54, 1.807) is 4.57 Å². The van der Waals surface area contributed by atoms with Gasteiger partial charge in [-0.05, 0) is 64.4 Å². The van der Waals surface area contributed by atoms with Gasteiger partial charge in [-0.2, -0.15) is 0 Å². The quantitative estimate of drug-likeness (QED) is 0.219. The van der Waals surface area contributed by atoms with Crippen LogP contribution in [0.5, 0.6) is 0 Å². The third kappa shape index (κ3) is 6.26. The average molecular weight is 847 g/mol. The lowest BCUT2D eigenvalue weighted by Gasteiger charge is -2.26. The number of hydrogen-bond acceptors (Lipinski definition) is 4. The number of nitrogens with one attached hydrogen (secondary N) is 1. The van der Waals surface area contributed by atoms with Gasteiger partial charge < -0.3 is 14.0 Å². The fourth-order valence-corrected chi connectivity index (χ4v) is 9.78. The van der Waals surface area contributed by atoms with E-state index < -0.39 is 0 Å². The van der Waals surface area contributed by atoms with Crippen LogP contribution in [0.4, 0.5) is 0 Å². The first-order valence-electron chi connectivity index (χ1n) is 21.6. The summed E-state index contributed by atoms with van der Waals surface area (Å²) in [6.45, 7) is 0. The second kappa shape index (κ2) is 15.7. The highest BCUT2D eigenvalue weighted by molar-refractivity contribution is 6.72. The lowest BCUT2D eigenvalue weighted by Crippen LogP contribution is -2.56. The molecule has 290 valence electrons. The van der Waals surface area contributed by atoms with Gasteiger partial charge in [0.2, 0.25) is 0 Å². The van der Waals surface area contributed by atoms with E-state index in [4.69, 9.17) is 114 Å². The molecule has 0 saturated carbocycles. The van der Waals surface area contributed by atoms with Gasteiger partial charge in [-0.1, -0.05) is 105 Å². The normalized spacial score (nSPS) is 11.9. The minimum atomic E-state index is -0.000227. The number of hydrogen-bond donors (Lipinski definition) is 1. The first-order chi connectivity index (χ1) is 33.2. The van der Waals surface area contributed by atoms with Crippen LogP contribution in [0.3, 0.4) is 0 Å². The highest BCUT2D eigenvalue weighted by atomic mass is 16.3. The minimum Gasteiger partial charge on any atom is -0.456 e. The third-order valence-corrected chi connectivity index (χ3v) is 13.3. The van der Waals surface area contributed by atoms with Crippen molar-refractivity contribution in [1.82, 2.24) is 24.5 Å². The summed E-state index contributed by atoms with van der Waals surface area (Å²) in [6, 6.07) is 35.6. The van der Waals surface area contributed by atoms with Crippen molar-refractivity contribution in [1.29, 1.82) is 0 Å². The van der Waals surface area contributed by atoms with Crippen molar-refractivity contribution in [2.45, 2.75) is 0 Å². The van der Waals surface area contributed by atoms with Gasteiger partial charge in [-0.3, -0.25) is 0 Å². The smallest absolute Gasteiger partial charge is 0.166 e. The highest BCUT2D eigenvalue weighted by Gasteiger charge is 2.26. The summed E-state index contributed by atoms with van der Waals surface area (Å²) < 4.78 is 8.37. The molecule has 1 N–H and O–H groups in total. The van der Waals surface area contributed by atoms with Crippen LogP contribution in [0, 0.1) is 0 Å². The van der Waals surface area contributed by atoms with E-state index in [1.807, 2.05) is 91.0 Å². The Morgan fingerprint density at radius 2 is 0.957 bits per heavy atom. The molecule has 0 aliphatic heterocycles. The summed E-state index contributed by atoms with van der Waals surface area (Å²) >= 11 is 0. The fraction of sp³-hybridized carbons (Fsp3) is 0. The number of aromatic nitrogens is 5. The van der Waals surface area contributed by atoms with Crippen molar-refractivity contribution in [3.63, 3.8) is 0 Å². The molecular formula is C51H19B12N5O. The first kappa shape index (κ1) is 43.2. The number of H-pyrrole nitrogens is 1. The van der Waals surface area contributed by atoms with Gasteiger partial charge in [0.1, 0.15) is 105 Å². The molecule has 8 aromatic carbocycles. The molecule has 0 fully saturated rings. The molecule has 18 heteroatoms. The molecular weight excluding hydrogens is 828 g/mol. The number of fused-ring (bicyclic) bond motifs is 9. The van der Waals surface area contributed by atoms with Crippen LogP contribution in [0.15, 0.2) is 114 Å². The van der Waals surface area contributed by atoms with Crippen LogP contribution in [0.1, 0.15) is 0 Å². The molecule has 69 heavy (non-hydrogen) atoms. The van der Waals surface area contributed by atoms with E-state index in [2.05, 4.69) is 23.2 Å². The van der Waals surface area contributed by atoms with Crippen molar-refractivity contribution in [2.24, 2.45) is 0 Å². The van der Waals surface area contributed by atoms with Crippen LogP contribution >= 0.6 is 0 Å². The Kier molecular flexibility index (Phi) is 9.87. The number of furan rings is 1. The largest absolute Gasteiger partial charge is 0.456 e. The van der Waals surface area contributed by atoms with Gasteiger partial charge in [0.25, 0.3) is 0 Å². The number of benzene rings is 8. The van der Waals surface area contributed by atoms with Crippen LogP contribution < -0.4 is 65.6 Å². The maximum atomic E-state index is 7.21. The van der Waals surface area contributed by atoms with Gasteiger partial charge >= 0.3 is 0 Å². The summed E-state index contributed by atoms with van der Waals surface area (Å²) in [5, 5.41) is 4.46. The second-order valence-corrected chi connectivity index (χ2v) is 17.1. The molecule has 0 saturated heterocycles. The molecule has 12 rings (SSSR count). The van der Waals surface area contributed by atoms with E-state index in [0.717, 1.165) is 43.7 Å². The first-order valence-corrected chi connectivity index (χ1v) is 21.6. The van der Waals surface area contributed by atoms with Crippen LogP contribution in [0.2, 0.25) is 0 Å². The Morgan fingerprint density at radius 3 is 1.70 bits per heavy atom. The van der Waals surface area contributed by atoms with Crippen LogP contribution in [0.25, 0.3) is 117 Å². The van der Waals surface area contributed by atoms with Gasteiger partial charge in [0.05, 0.1) is 5.52 Å². The SMILES string of the molecule is [B]c1c([B])c([B])c(-c2c([B])c([B])c3c4c([B])c([B])c([B])c([B])c4n(-c4ccc5oc6cc(-c7nc(-c8ccccc8)nc(-c8cccc9c8[nH]c8ccccc89)n7)ccc6c5c4)c3c2[B])c([B])c1[B]. The van der Waals surface area contributed by atoms with Crippen molar-refractivity contribution in [2.75, 3.05) is 0 Å². The zero-order chi connectivity index (χ0) is 47.9. The second-order valence-electron chi connectivity index (χ2n) is 17.1. The number of aromatic amines is 1. The molecule has 0 atom stereocenters. The van der Waals surface area contributed by atoms with Crippen LogP contribution in [-0.2, 0) is 0 Å². The number of nitrogens with zero attached hydrogens (tertiary/aromatic N) is 4. The molecule has 0 spiro atoms. The maximum Gasteiger partial charge on any atom is 0.166 e. The predicted octanol–water partition coefficient (Wildman–Crippen LogP) is -1.30. The summed E-state index contributed by atoms with van der Waals surface area (Å²) in [5.74, 6) is 1.49. The van der Waals surface area contributed by atoms with Gasteiger partial charge in [-0.15, -0.1) is 27.3 Å². The van der Waals surface area contributed by atoms with E-state index in [-0.39, 0.29) is 76.7 Å². The molecule has 0 aliphatic rings. The highest BCUT2D eigenvalue weighted by Crippen LogP contribution is 2.37. The minimum absolute atomic E-state index is 0.000227. The molecule has 4 aromatic heterocycles. The molecule has 24 radical (unpaired) electrons. The Balaban J connectivity index is 1.07. The predicted molar refractivity (Wildman–Crippen MR) is 297 cm³/mol. The molecule has 4 heterocycles. The Hall–Kier alpha value is -7.05. The fourth-order valence-electron chi connectivity index (χ4n) is 9.78. The van der Waals surface area contributed by atoms with Crippen LogP contribution in [-0.4, -0.2) is 119 Å². The molecule has 0 unspecified atom stereocenters. The summed E-state index contributed by atoms with van der Waals surface area (Å²) in [6.07, 6.45) is 0. The third-order valence-electron chi connectivity index (χ3n) is 13.3. The van der Waals surface area contributed by atoms with Crippen molar-refractivity contribution < 1.29 is 4.42 Å². The summed E-state index contributed by atoms with van der Waals surface area (Å²) in [4.78, 5) is 18.7. The van der Waals surface area contributed by atoms with E-state index in [9.17, 15) is 0 Å².